The lowest BCUT2D eigenvalue weighted by atomic mass is 10.1. The van der Waals surface area contributed by atoms with Crippen molar-refractivity contribution in [2.45, 2.75) is 39.8 Å². The summed E-state index contributed by atoms with van der Waals surface area (Å²) in [6.45, 7) is 7.21. The largest absolute Gasteiger partial charge is 0.354 e. The van der Waals surface area contributed by atoms with Crippen molar-refractivity contribution in [3.63, 3.8) is 0 Å². The van der Waals surface area contributed by atoms with E-state index >= 15 is 0 Å². The summed E-state index contributed by atoms with van der Waals surface area (Å²) in [6, 6.07) is 7.11. The number of rotatable bonds is 5. The van der Waals surface area contributed by atoms with Gasteiger partial charge in [-0.05, 0) is 30.9 Å². The minimum Gasteiger partial charge on any atom is -0.354 e. The van der Waals surface area contributed by atoms with E-state index in [9.17, 15) is 9.59 Å². The van der Waals surface area contributed by atoms with Gasteiger partial charge in [-0.2, -0.15) is 0 Å². The van der Waals surface area contributed by atoms with E-state index in [0.717, 1.165) is 12.0 Å². The van der Waals surface area contributed by atoms with Crippen LogP contribution in [-0.2, 0) is 11.3 Å². The van der Waals surface area contributed by atoms with Crippen LogP contribution in [0.1, 0.15) is 43.1 Å². The molecule has 20 heavy (non-hydrogen) atoms. The summed E-state index contributed by atoms with van der Waals surface area (Å²) in [5, 5.41) is 2.91. The molecule has 2 amide bonds. The standard InChI is InChI=1S/C16H22N2O2/c1-11(2)8-9-17-15(19)12(3)18-10-13-6-4-5-7-14(13)16(18)20/h4-7,11-12H,8-10H2,1-3H3,(H,17,19)/t12-/m0/s1. The molecule has 108 valence electrons. The van der Waals surface area contributed by atoms with Gasteiger partial charge in [0.05, 0.1) is 0 Å². The predicted molar refractivity (Wildman–Crippen MR) is 78.2 cm³/mol. The fraction of sp³-hybridized carbons (Fsp3) is 0.500. The van der Waals surface area contributed by atoms with Crippen molar-refractivity contribution in [2.24, 2.45) is 5.92 Å². The maximum atomic E-state index is 12.3. The van der Waals surface area contributed by atoms with E-state index in [1.165, 1.54) is 0 Å². The number of nitrogens with one attached hydrogen (secondary N) is 1. The highest BCUT2D eigenvalue weighted by molar-refractivity contribution is 6.00. The Bertz CT molecular complexity index is 511. The summed E-state index contributed by atoms with van der Waals surface area (Å²) in [4.78, 5) is 26.0. The Morgan fingerprint density at radius 1 is 1.30 bits per heavy atom. The van der Waals surface area contributed by atoms with Crippen LogP contribution in [-0.4, -0.2) is 29.3 Å². The third kappa shape index (κ3) is 3.00. The lowest BCUT2D eigenvalue weighted by molar-refractivity contribution is -0.125. The van der Waals surface area contributed by atoms with Gasteiger partial charge in [-0.15, -0.1) is 0 Å². The minimum absolute atomic E-state index is 0.0490. The number of carbonyl (C=O) groups is 2. The van der Waals surface area contributed by atoms with Crippen LogP contribution in [0.4, 0.5) is 0 Å². The van der Waals surface area contributed by atoms with Crippen molar-refractivity contribution in [3.05, 3.63) is 35.4 Å². The molecule has 0 saturated heterocycles. The normalized spacial score (nSPS) is 15.4. The molecule has 0 spiro atoms. The van der Waals surface area contributed by atoms with E-state index in [1.54, 1.807) is 11.8 Å². The van der Waals surface area contributed by atoms with Gasteiger partial charge in [-0.3, -0.25) is 9.59 Å². The lowest BCUT2D eigenvalue weighted by Crippen LogP contribution is -2.45. The first kappa shape index (κ1) is 14.6. The zero-order valence-electron chi connectivity index (χ0n) is 12.3. The molecule has 0 bridgehead atoms. The molecule has 1 heterocycles. The Hall–Kier alpha value is -1.84. The summed E-state index contributed by atoms with van der Waals surface area (Å²) in [5.41, 5.74) is 1.72. The molecule has 0 radical (unpaired) electrons. The van der Waals surface area contributed by atoms with Gasteiger partial charge in [0.15, 0.2) is 0 Å². The van der Waals surface area contributed by atoms with Crippen molar-refractivity contribution < 1.29 is 9.59 Å². The summed E-state index contributed by atoms with van der Waals surface area (Å²) < 4.78 is 0. The van der Waals surface area contributed by atoms with Crippen LogP contribution >= 0.6 is 0 Å². The minimum atomic E-state index is -0.429. The van der Waals surface area contributed by atoms with Crippen molar-refractivity contribution >= 4 is 11.8 Å². The summed E-state index contributed by atoms with van der Waals surface area (Å²) >= 11 is 0. The molecule has 0 saturated carbocycles. The maximum absolute atomic E-state index is 12.3. The zero-order valence-corrected chi connectivity index (χ0v) is 12.3. The third-order valence-electron chi connectivity index (χ3n) is 3.72. The number of hydrogen-bond acceptors (Lipinski definition) is 2. The number of amides is 2. The molecule has 1 aromatic carbocycles. The second kappa shape index (κ2) is 6.07. The first-order valence-electron chi connectivity index (χ1n) is 7.17. The van der Waals surface area contributed by atoms with Gasteiger partial charge >= 0.3 is 0 Å². The van der Waals surface area contributed by atoms with Crippen LogP contribution in [0.3, 0.4) is 0 Å². The van der Waals surface area contributed by atoms with Crippen molar-refractivity contribution in [2.75, 3.05) is 6.54 Å². The van der Waals surface area contributed by atoms with Crippen molar-refractivity contribution in [1.29, 1.82) is 0 Å². The SMILES string of the molecule is CC(C)CCNC(=O)[C@H](C)N1Cc2ccccc2C1=O. The van der Waals surface area contributed by atoms with Gasteiger partial charge in [-0.25, -0.2) is 0 Å². The van der Waals surface area contributed by atoms with Gasteiger partial charge < -0.3 is 10.2 Å². The highest BCUT2D eigenvalue weighted by atomic mass is 16.2. The molecular weight excluding hydrogens is 252 g/mol. The van der Waals surface area contributed by atoms with Gasteiger partial charge in [0.25, 0.3) is 5.91 Å². The monoisotopic (exact) mass is 274 g/mol. The second-order valence-electron chi connectivity index (χ2n) is 5.74. The molecule has 0 aromatic heterocycles. The number of hydrogen-bond donors (Lipinski definition) is 1. The smallest absolute Gasteiger partial charge is 0.255 e. The van der Waals surface area contributed by atoms with E-state index in [1.807, 2.05) is 24.3 Å². The van der Waals surface area contributed by atoms with E-state index in [-0.39, 0.29) is 11.8 Å². The average molecular weight is 274 g/mol. The van der Waals surface area contributed by atoms with Crippen LogP contribution in [0, 0.1) is 5.92 Å². The van der Waals surface area contributed by atoms with Crippen LogP contribution in [0.25, 0.3) is 0 Å². The fourth-order valence-electron chi connectivity index (χ4n) is 2.36. The Balaban J connectivity index is 1.96. The van der Waals surface area contributed by atoms with Gasteiger partial charge in [0.1, 0.15) is 6.04 Å². The Morgan fingerprint density at radius 3 is 2.65 bits per heavy atom. The lowest BCUT2D eigenvalue weighted by Gasteiger charge is -2.23. The summed E-state index contributed by atoms with van der Waals surface area (Å²) in [6.07, 6.45) is 0.951. The van der Waals surface area contributed by atoms with Gasteiger partial charge in [-0.1, -0.05) is 32.0 Å². The molecule has 1 aliphatic heterocycles. The summed E-state index contributed by atoms with van der Waals surface area (Å²) in [5.74, 6) is 0.433. The number of nitrogens with zero attached hydrogens (tertiary/aromatic N) is 1. The second-order valence-corrected chi connectivity index (χ2v) is 5.74. The van der Waals surface area contributed by atoms with Crippen molar-refractivity contribution in [1.82, 2.24) is 10.2 Å². The van der Waals surface area contributed by atoms with Crippen LogP contribution in [0.15, 0.2) is 24.3 Å². The third-order valence-corrected chi connectivity index (χ3v) is 3.72. The predicted octanol–water partition coefficient (Wildman–Crippen LogP) is 2.19. The van der Waals surface area contributed by atoms with E-state index in [0.29, 0.717) is 24.6 Å². The number of fused-ring (bicyclic) bond motifs is 1. The molecule has 0 unspecified atom stereocenters. The topological polar surface area (TPSA) is 49.4 Å². The van der Waals surface area contributed by atoms with Crippen LogP contribution in [0.5, 0.6) is 0 Å². The fourth-order valence-corrected chi connectivity index (χ4v) is 2.36. The summed E-state index contributed by atoms with van der Waals surface area (Å²) in [7, 11) is 0. The molecular formula is C16H22N2O2. The Morgan fingerprint density at radius 2 is 2.00 bits per heavy atom. The first-order chi connectivity index (χ1) is 9.50. The highest BCUT2D eigenvalue weighted by Gasteiger charge is 2.33. The van der Waals surface area contributed by atoms with Crippen LogP contribution in [0.2, 0.25) is 0 Å². The van der Waals surface area contributed by atoms with E-state index in [4.69, 9.17) is 0 Å². The average Bonchev–Trinajstić information content (AvgIpc) is 2.75. The molecule has 4 heteroatoms. The first-order valence-corrected chi connectivity index (χ1v) is 7.17. The quantitative estimate of drug-likeness (QED) is 0.895. The molecule has 1 aromatic rings. The van der Waals surface area contributed by atoms with Crippen molar-refractivity contribution in [3.8, 4) is 0 Å². The molecule has 1 atom stereocenters. The molecule has 0 aliphatic carbocycles. The molecule has 0 fully saturated rings. The zero-order chi connectivity index (χ0) is 14.7. The van der Waals surface area contributed by atoms with Gasteiger partial charge in [0.2, 0.25) is 5.91 Å². The molecule has 4 nitrogen and oxygen atoms in total. The van der Waals surface area contributed by atoms with Crippen LogP contribution < -0.4 is 5.32 Å². The Labute approximate surface area is 120 Å². The van der Waals surface area contributed by atoms with E-state index in [2.05, 4.69) is 19.2 Å². The molecule has 2 rings (SSSR count). The van der Waals surface area contributed by atoms with E-state index < -0.39 is 6.04 Å². The molecule has 1 N–H and O–H groups in total. The van der Waals surface area contributed by atoms with Gasteiger partial charge in [0, 0.05) is 18.7 Å². The maximum Gasteiger partial charge on any atom is 0.255 e. The number of benzene rings is 1. The number of carbonyl (C=O) groups excluding carboxylic acids is 2. The highest BCUT2D eigenvalue weighted by Crippen LogP contribution is 2.24. The molecule has 1 aliphatic rings. The Kier molecular flexibility index (Phi) is 4.42.